The Kier molecular flexibility index (Phi) is 2.70. The van der Waals surface area contributed by atoms with Gasteiger partial charge in [0.05, 0.1) is 23.2 Å². The van der Waals surface area contributed by atoms with Crippen LogP contribution in [0, 0.1) is 17.0 Å². The molecule has 0 radical (unpaired) electrons. The average Bonchev–Trinajstić information content (AvgIpc) is 2.93. The molecule has 2 fully saturated rings. The quantitative estimate of drug-likeness (QED) is 0.659. The standard InChI is InChI=1S/C13H16N2O3/c1-8-3-2-4-11(15(16)17)13(8)14-10-7-9-5-6-12(10)18-9/h2-4,9-10,12,14H,5-7H2,1H3. The molecule has 5 nitrogen and oxygen atoms in total. The van der Waals surface area contributed by atoms with Crippen LogP contribution in [0.5, 0.6) is 0 Å². The molecule has 3 unspecified atom stereocenters. The largest absolute Gasteiger partial charge is 0.374 e. The summed E-state index contributed by atoms with van der Waals surface area (Å²) in [6.07, 6.45) is 3.70. The van der Waals surface area contributed by atoms with Gasteiger partial charge in [0.25, 0.3) is 5.69 Å². The highest BCUT2D eigenvalue weighted by molar-refractivity contribution is 5.66. The molecule has 2 bridgehead atoms. The van der Waals surface area contributed by atoms with E-state index in [0.29, 0.717) is 11.8 Å². The number of para-hydroxylation sites is 1. The first-order chi connectivity index (χ1) is 8.65. The molecule has 0 spiro atoms. The molecule has 1 aromatic carbocycles. The molecule has 2 saturated heterocycles. The zero-order chi connectivity index (χ0) is 12.7. The van der Waals surface area contributed by atoms with Crippen LogP contribution in [-0.2, 0) is 4.74 Å². The van der Waals surface area contributed by atoms with Crippen LogP contribution in [0.2, 0.25) is 0 Å². The van der Waals surface area contributed by atoms with Crippen LogP contribution >= 0.6 is 0 Å². The van der Waals surface area contributed by atoms with Gasteiger partial charge in [-0.25, -0.2) is 0 Å². The van der Waals surface area contributed by atoms with Gasteiger partial charge in [0.1, 0.15) is 5.69 Å². The summed E-state index contributed by atoms with van der Waals surface area (Å²) in [7, 11) is 0. The van der Waals surface area contributed by atoms with E-state index in [1.54, 1.807) is 12.1 Å². The SMILES string of the molecule is Cc1cccc([N+](=O)[O-])c1NC1CC2CCC1O2. The van der Waals surface area contributed by atoms with Crippen LogP contribution in [0.25, 0.3) is 0 Å². The van der Waals surface area contributed by atoms with Gasteiger partial charge in [-0.05, 0) is 31.7 Å². The Hall–Kier alpha value is -1.62. The monoisotopic (exact) mass is 248 g/mol. The molecule has 0 aromatic heterocycles. The van der Waals surface area contributed by atoms with Gasteiger partial charge in [-0.3, -0.25) is 10.1 Å². The van der Waals surface area contributed by atoms with E-state index in [9.17, 15) is 10.1 Å². The van der Waals surface area contributed by atoms with Gasteiger partial charge in [0.15, 0.2) is 0 Å². The molecule has 3 rings (SSSR count). The van der Waals surface area contributed by atoms with E-state index in [4.69, 9.17) is 4.74 Å². The van der Waals surface area contributed by atoms with Crippen LogP contribution in [0.3, 0.4) is 0 Å². The fraction of sp³-hybridized carbons (Fsp3) is 0.538. The average molecular weight is 248 g/mol. The molecule has 0 saturated carbocycles. The molecule has 18 heavy (non-hydrogen) atoms. The topological polar surface area (TPSA) is 64.4 Å². The van der Waals surface area contributed by atoms with E-state index in [0.717, 1.165) is 24.8 Å². The van der Waals surface area contributed by atoms with Crippen molar-refractivity contribution in [3.8, 4) is 0 Å². The summed E-state index contributed by atoms with van der Waals surface area (Å²) in [5, 5.41) is 14.4. The van der Waals surface area contributed by atoms with Crippen molar-refractivity contribution in [3.63, 3.8) is 0 Å². The lowest BCUT2D eigenvalue weighted by Crippen LogP contribution is -2.31. The molecule has 0 amide bonds. The van der Waals surface area contributed by atoms with E-state index < -0.39 is 0 Å². The smallest absolute Gasteiger partial charge is 0.292 e. The minimum atomic E-state index is -0.330. The van der Waals surface area contributed by atoms with Crippen molar-refractivity contribution in [2.45, 2.75) is 44.4 Å². The maximum atomic E-state index is 11.0. The number of nitrogens with zero attached hydrogens (tertiary/aromatic N) is 1. The Morgan fingerprint density at radius 3 is 2.89 bits per heavy atom. The molecule has 1 aromatic rings. The number of anilines is 1. The van der Waals surface area contributed by atoms with E-state index in [-0.39, 0.29) is 22.8 Å². The lowest BCUT2D eigenvalue weighted by molar-refractivity contribution is -0.384. The van der Waals surface area contributed by atoms with E-state index >= 15 is 0 Å². The predicted octanol–water partition coefficient (Wildman–Crippen LogP) is 2.64. The van der Waals surface area contributed by atoms with Crippen molar-refractivity contribution < 1.29 is 9.66 Å². The Labute approximate surface area is 105 Å². The maximum absolute atomic E-state index is 11.0. The van der Waals surface area contributed by atoms with Crippen LogP contribution in [0.1, 0.15) is 24.8 Å². The summed E-state index contributed by atoms with van der Waals surface area (Å²) in [5.41, 5.74) is 1.70. The molecular formula is C13H16N2O3. The van der Waals surface area contributed by atoms with Crippen molar-refractivity contribution in [1.29, 1.82) is 0 Å². The second kappa shape index (κ2) is 4.24. The number of ether oxygens (including phenoxy) is 1. The summed E-state index contributed by atoms with van der Waals surface area (Å²) >= 11 is 0. The Morgan fingerprint density at radius 2 is 2.28 bits per heavy atom. The second-order valence-electron chi connectivity index (χ2n) is 5.09. The zero-order valence-corrected chi connectivity index (χ0v) is 10.3. The molecule has 96 valence electrons. The number of aryl methyl sites for hydroxylation is 1. The van der Waals surface area contributed by atoms with Crippen LogP contribution in [-0.4, -0.2) is 23.2 Å². The molecule has 5 heteroatoms. The lowest BCUT2D eigenvalue weighted by Gasteiger charge is -2.22. The van der Waals surface area contributed by atoms with Crippen molar-refractivity contribution in [2.75, 3.05) is 5.32 Å². The van der Waals surface area contributed by atoms with Gasteiger partial charge in [-0.1, -0.05) is 12.1 Å². The maximum Gasteiger partial charge on any atom is 0.292 e. The summed E-state index contributed by atoms with van der Waals surface area (Å²) in [6, 6.07) is 5.37. The van der Waals surface area contributed by atoms with E-state index in [1.807, 2.05) is 13.0 Å². The first-order valence-corrected chi connectivity index (χ1v) is 6.31. The number of rotatable bonds is 3. The summed E-state index contributed by atoms with van der Waals surface area (Å²) in [4.78, 5) is 10.7. The highest BCUT2D eigenvalue weighted by atomic mass is 16.6. The third kappa shape index (κ3) is 1.84. The molecule has 2 aliphatic rings. The first kappa shape index (κ1) is 11.5. The molecular weight excluding hydrogens is 232 g/mol. The Bertz CT molecular complexity index is 489. The predicted molar refractivity (Wildman–Crippen MR) is 67.8 cm³/mol. The highest BCUT2D eigenvalue weighted by Crippen LogP contribution is 2.38. The Morgan fingerprint density at radius 1 is 1.44 bits per heavy atom. The third-order valence-corrected chi connectivity index (χ3v) is 3.88. The molecule has 0 aliphatic carbocycles. The first-order valence-electron chi connectivity index (χ1n) is 6.31. The Balaban J connectivity index is 1.86. The fourth-order valence-electron chi connectivity index (χ4n) is 2.97. The number of hydrogen-bond donors (Lipinski definition) is 1. The molecule has 1 N–H and O–H groups in total. The fourth-order valence-corrected chi connectivity index (χ4v) is 2.97. The van der Waals surface area contributed by atoms with Crippen LogP contribution < -0.4 is 5.32 Å². The molecule has 2 aliphatic heterocycles. The zero-order valence-electron chi connectivity index (χ0n) is 10.3. The lowest BCUT2D eigenvalue weighted by atomic mass is 9.95. The van der Waals surface area contributed by atoms with E-state index in [1.165, 1.54) is 0 Å². The van der Waals surface area contributed by atoms with Gasteiger partial charge < -0.3 is 10.1 Å². The normalized spacial score (nSPS) is 29.5. The third-order valence-electron chi connectivity index (χ3n) is 3.88. The van der Waals surface area contributed by atoms with Crippen LogP contribution in [0.15, 0.2) is 18.2 Å². The highest BCUT2D eigenvalue weighted by Gasteiger charge is 2.41. The number of fused-ring (bicyclic) bond motifs is 2. The molecule has 3 atom stereocenters. The minimum Gasteiger partial charge on any atom is -0.374 e. The number of nitro benzene ring substituents is 1. The van der Waals surface area contributed by atoms with Crippen molar-refractivity contribution in [1.82, 2.24) is 0 Å². The van der Waals surface area contributed by atoms with Gasteiger partial charge in [0.2, 0.25) is 0 Å². The number of benzene rings is 1. The number of nitro groups is 1. The van der Waals surface area contributed by atoms with Gasteiger partial charge in [-0.15, -0.1) is 0 Å². The van der Waals surface area contributed by atoms with Crippen molar-refractivity contribution >= 4 is 11.4 Å². The summed E-state index contributed by atoms with van der Waals surface area (Å²) in [5.74, 6) is 0. The number of hydrogen-bond acceptors (Lipinski definition) is 4. The molecule has 2 heterocycles. The van der Waals surface area contributed by atoms with Crippen molar-refractivity contribution in [3.05, 3.63) is 33.9 Å². The summed E-state index contributed by atoms with van der Waals surface area (Å²) < 4.78 is 5.76. The second-order valence-corrected chi connectivity index (χ2v) is 5.09. The van der Waals surface area contributed by atoms with Crippen molar-refractivity contribution in [2.24, 2.45) is 0 Å². The summed E-state index contributed by atoms with van der Waals surface area (Å²) in [6.45, 7) is 1.89. The minimum absolute atomic E-state index is 0.151. The number of nitrogens with one attached hydrogen (secondary N) is 1. The van der Waals surface area contributed by atoms with Gasteiger partial charge in [-0.2, -0.15) is 0 Å². The van der Waals surface area contributed by atoms with Gasteiger partial charge >= 0.3 is 0 Å². The van der Waals surface area contributed by atoms with Gasteiger partial charge in [0, 0.05) is 6.07 Å². The van der Waals surface area contributed by atoms with Crippen LogP contribution in [0.4, 0.5) is 11.4 Å². The van der Waals surface area contributed by atoms with E-state index in [2.05, 4.69) is 5.32 Å².